The SMILES string of the molecule is C=CC(=O)Nc1cccc(-c2cc(-c3ccc(Oc4cccc(C5CC5)c4)nc3)cc3cncnc23)c1. The number of fused-ring (bicyclic) bond motifs is 1. The third kappa shape index (κ3) is 4.95. The van der Waals surface area contributed by atoms with E-state index in [-0.39, 0.29) is 5.91 Å². The first-order valence-corrected chi connectivity index (χ1v) is 12.2. The summed E-state index contributed by atoms with van der Waals surface area (Å²) in [5.74, 6) is 1.76. The van der Waals surface area contributed by atoms with E-state index in [1.54, 1.807) is 12.5 Å². The third-order valence-electron chi connectivity index (χ3n) is 6.43. The zero-order valence-corrected chi connectivity index (χ0v) is 20.1. The van der Waals surface area contributed by atoms with Gasteiger partial charge in [-0.2, -0.15) is 0 Å². The summed E-state index contributed by atoms with van der Waals surface area (Å²) in [4.78, 5) is 25.1. The molecule has 1 N–H and O–H groups in total. The summed E-state index contributed by atoms with van der Waals surface area (Å²) in [6, 6.07) is 23.9. The number of amides is 1. The first-order valence-electron chi connectivity index (χ1n) is 12.2. The van der Waals surface area contributed by atoms with Crippen LogP contribution in [0.15, 0.2) is 104 Å². The van der Waals surface area contributed by atoms with Crippen LogP contribution in [0, 0.1) is 0 Å². The second-order valence-electron chi connectivity index (χ2n) is 9.09. The highest BCUT2D eigenvalue weighted by Gasteiger charge is 2.23. The van der Waals surface area contributed by atoms with Crippen LogP contribution in [0.1, 0.15) is 24.3 Å². The van der Waals surface area contributed by atoms with E-state index < -0.39 is 0 Å². The van der Waals surface area contributed by atoms with Gasteiger partial charge in [-0.1, -0.05) is 30.8 Å². The van der Waals surface area contributed by atoms with Crippen molar-refractivity contribution in [1.29, 1.82) is 0 Å². The smallest absolute Gasteiger partial charge is 0.247 e. The average molecular weight is 485 g/mol. The Morgan fingerprint density at radius 1 is 0.919 bits per heavy atom. The van der Waals surface area contributed by atoms with Gasteiger partial charge < -0.3 is 10.1 Å². The van der Waals surface area contributed by atoms with Crippen LogP contribution in [0.4, 0.5) is 5.69 Å². The number of hydrogen-bond donors (Lipinski definition) is 1. The van der Waals surface area contributed by atoms with Crippen molar-refractivity contribution < 1.29 is 9.53 Å². The van der Waals surface area contributed by atoms with E-state index in [2.05, 4.69) is 51.1 Å². The molecular formula is C31H24N4O2. The van der Waals surface area contributed by atoms with E-state index in [1.165, 1.54) is 24.5 Å². The van der Waals surface area contributed by atoms with Gasteiger partial charge in [-0.05, 0) is 84.0 Å². The number of nitrogens with one attached hydrogen (secondary N) is 1. The van der Waals surface area contributed by atoms with E-state index in [0.717, 1.165) is 38.9 Å². The summed E-state index contributed by atoms with van der Waals surface area (Å²) >= 11 is 0. The molecule has 2 aromatic heterocycles. The van der Waals surface area contributed by atoms with Gasteiger partial charge in [0.25, 0.3) is 0 Å². The highest BCUT2D eigenvalue weighted by Crippen LogP contribution is 2.41. The van der Waals surface area contributed by atoms with Gasteiger partial charge in [-0.15, -0.1) is 0 Å². The summed E-state index contributed by atoms with van der Waals surface area (Å²) in [5, 5.41) is 3.73. The molecule has 0 unspecified atom stereocenters. The first-order chi connectivity index (χ1) is 18.2. The van der Waals surface area contributed by atoms with E-state index in [1.807, 2.05) is 54.7 Å². The zero-order valence-electron chi connectivity index (χ0n) is 20.1. The Bertz CT molecular complexity index is 1620. The molecule has 0 radical (unpaired) electrons. The van der Waals surface area contributed by atoms with Gasteiger partial charge in [0.2, 0.25) is 11.8 Å². The maximum absolute atomic E-state index is 11.8. The Morgan fingerprint density at radius 2 is 1.81 bits per heavy atom. The Labute approximate surface area is 214 Å². The highest BCUT2D eigenvalue weighted by molar-refractivity contribution is 6.01. The summed E-state index contributed by atoms with van der Waals surface area (Å²) in [6.07, 6.45) is 8.92. The Kier molecular flexibility index (Phi) is 5.91. The van der Waals surface area contributed by atoms with Crippen molar-refractivity contribution in [2.75, 3.05) is 5.32 Å². The van der Waals surface area contributed by atoms with Gasteiger partial charge in [0.05, 0.1) is 5.52 Å². The highest BCUT2D eigenvalue weighted by atomic mass is 16.5. The fourth-order valence-corrected chi connectivity index (χ4v) is 4.43. The van der Waals surface area contributed by atoms with Crippen molar-refractivity contribution in [2.24, 2.45) is 0 Å². The Morgan fingerprint density at radius 3 is 2.62 bits per heavy atom. The molecule has 0 saturated heterocycles. The number of nitrogens with zero attached hydrogens (tertiary/aromatic N) is 3. The van der Waals surface area contributed by atoms with Crippen molar-refractivity contribution in [3.63, 3.8) is 0 Å². The van der Waals surface area contributed by atoms with Gasteiger partial charge in [-0.3, -0.25) is 4.79 Å². The van der Waals surface area contributed by atoms with Gasteiger partial charge >= 0.3 is 0 Å². The lowest BCUT2D eigenvalue weighted by Crippen LogP contribution is -2.07. The molecule has 0 aliphatic heterocycles. The van der Waals surface area contributed by atoms with Crippen LogP contribution in [0.3, 0.4) is 0 Å². The lowest BCUT2D eigenvalue weighted by Gasteiger charge is -2.12. The second kappa shape index (κ2) is 9.66. The number of anilines is 1. The molecule has 180 valence electrons. The predicted molar refractivity (Wildman–Crippen MR) is 146 cm³/mol. The Balaban J connectivity index is 1.33. The molecule has 1 fully saturated rings. The fraction of sp³-hybridized carbons (Fsp3) is 0.0968. The van der Waals surface area contributed by atoms with Crippen molar-refractivity contribution in [2.45, 2.75) is 18.8 Å². The van der Waals surface area contributed by atoms with E-state index in [4.69, 9.17) is 4.74 Å². The van der Waals surface area contributed by atoms with Crippen LogP contribution in [0.25, 0.3) is 33.2 Å². The molecule has 0 spiro atoms. The number of benzene rings is 3. The topological polar surface area (TPSA) is 77.0 Å². The van der Waals surface area contributed by atoms with Crippen LogP contribution in [0.5, 0.6) is 11.6 Å². The van der Waals surface area contributed by atoms with Crippen LogP contribution >= 0.6 is 0 Å². The molecule has 6 rings (SSSR count). The van der Waals surface area contributed by atoms with Gasteiger partial charge in [0.1, 0.15) is 12.1 Å². The van der Waals surface area contributed by atoms with Crippen LogP contribution < -0.4 is 10.1 Å². The number of carbonyl (C=O) groups is 1. The quantitative estimate of drug-likeness (QED) is 0.248. The number of pyridine rings is 1. The van der Waals surface area contributed by atoms with Crippen molar-refractivity contribution in [1.82, 2.24) is 15.0 Å². The maximum atomic E-state index is 11.8. The van der Waals surface area contributed by atoms with E-state index in [9.17, 15) is 4.79 Å². The molecule has 0 atom stereocenters. The predicted octanol–water partition coefficient (Wildman–Crippen LogP) is 7.15. The minimum Gasteiger partial charge on any atom is -0.439 e. The van der Waals surface area contributed by atoms with Crippen molar-refractivity contribution in [3.05, 3.63) is 110 Å². The molecule has 0 bridgehead atoms. The summed E-state index contributed by atoms with van der Waals surface area (Å²) in [6.45, 7) is 3.52. The maximum Gasteiger partial charge on any atom is 0.247 e. The lowest BCUT2D eigenvalue weighted by molar-refractivity contribution is -0.111. The molecule has 6 heteroatoms. The van der Waals surface area contributed by atoms with Crippen LogP contribution in [0.2, 0.25) is 0 Å². The van der Waals surface area contributed by atoms with Crippen LogP contribution in [-0.4, -0.2) is 20.9 Å². The van der Waals surface area contributed by atoms with Gasteiger partial charge in [0.15, 0.2) is 0 Å². The fourth-order valence-electron chi connectivity index (χ4n) is 4.43. The summed E-state index contributed by atoms with van der Waals surface area (Å²) in [5.41, 5.74) is 6.62. The standard InChI is InChI=1S/C31H24N4O2/c1-2-29(36)35-26-7-3-6-22(14-26)28-16-24(13-25-17-32-19-34-31(25)28)23-11-12-30(33-18-23)37-27-8-4-5-21(15-27)20-9-10-20/h2-8,11-20H,1,9-10H2,(H,35,36). The molecule has 37 heavy (non-hydrogen) atoms. The molecule has 1 aliphatic rings. The van der Waals surface area contributed by atoms with Gasteiger partial charge in [0, 0.05) is 40.7 Å². The molecule has 3 aromatic carbocycles. The number of aromatic nitrogens is 3. The summed E-state index contributed by atoms with van der Waals surface area (Å²) in [7, 11) is 0. The molecule has 2 heterocycles. The number of carbonyl (C=O) groups excluding carboxylic acids is 1. The van der Waals surface area contributed by atoms with E-state index in [0.29, 0.717) is 17.5 Å². The molecule has 6 nitrogen and oxygen atoms in total. The molecule has 1 saturated carbocycles. The Hall–Kier alpha value is -4.84. The van der Waals surface area contributed by atoms with Gasteiger partial charge in [-0.25, -0.2) is 15.0 Å². The minimum absolute atomic E-state index is 0.259. The number of ether oxygens (including phenoxy) is 1. The second-order valence-corrected chi connectivity index (χ2v) is 9.09. The first kappa shape index (κ1) is 22.6. The zero-order chi connectivity index (χ0) is 25.2. The third-order valence-corrected chi connectivity index (χ3v) is 6.43. The van der Waals surface area contributed by atoms with Crippen molar-refractivity contribution in [3.8, 4) is 33.9 Å². The molecule has 5 aromatic rings. The normalized spacial score (nSPS) is 12.8. The minimum atomic E-state index is -0.259. The number of rotatable bonds is 7. The largest absolute Gasteiger partial charge is 0.439 e. The summed E-state index contributed by atoms with van der Waals surface area (Å²) < 4.78 is 6.03. The molecular weight excluding hydrogens is 460 g/mol. The monoisotopic (exact) mass is 484 g/mol. The molecule has 1 amide bonds. The van der Waals surface area contributed by atoms with Crippen molar-refractivity contribution >= 4 is 22.5 Å². The lowest BCUT2D eigenvalue weighted by atomic mass is 9.96. The van der Waals surface area contributed by atoms with E-state index >= 15 is 0 Å². The molecule has 1 aliphatic carbocycles. The van der Waals surface area contributed by atoms with Crippen LogP contribution in [-0.2, 0) is 4.79 Å². The average Bonchev–Trinajstić information content (AvgIpc) is 3.79. The number of hydrogen-bond acceptors (Lipinski definition) is 5.